The van der Waals surface area contributed by atoms with Crippen molar-refractivity contribution < 1.29 is 9.21 Å². The molecule has 0 atom stereocenters. The van der Waals surface area contributed by atoms with Gasteiger partial charge in [-0.2, -0.15) is 5.26 Å². The fourth-order valence-electron chi connectivity index (χ4n) is 2.62. The zero-order valence-corrected chi connectivity index (χ0v) is 11.3. The van der Waals surface area contributed by atoms with Gasteiger partial charge in [0.05, 0.1) is 6.20 Å². The number of nitriles is 1. The predicted molar refractivity (Wildman–Crippen MR) is 73.3 cm³/mol. The van der Waals surface area contributed by atoms with Gasteiger partial charge in [-0.05, 0) is 39.0 Å². The predicted octanol–water partition coefficient (Wildman–Crippen LogP) is 2.22. The van der Waals surface area contributed by atoms with E-state index in [-0.39, 0.29) is 17.5 Å². The van der Waals surface area contributed by atoms with Crippen molar-refractivity contribution in [2.24, 2.45) is 5.92 Å². The molecule has 5 heteroatoms. The van der Waals surface area contributed by atoms with Gasteiger partial charge in [0.25, 0.3) is 0 Å². The van der Waals surface area contributed by atoms with E-state index >= 15 is 0 Å². The highest BCUT2D eigenvalue weighted by molar-refractivity contribution is 5.98. The molecule has 0 unspecified atom stereocenters. The number of Topliss-reactive ketones (excluding diaryl/α,β-unsaturated/α-hetero) is 1. The van der Waals surface area contributed by atoms with E-state index in [9.17, 15) is 4.79 Å². The zero-order chi connectivity index (χ0) is 14.1. The van der Waals surface area contributed by atoms with Crippen LogP contribution in [-0.2, 0) is 0 Å². The summed E-state index contributed by atoms with van der Waals surface area (Å²) in [6, 6.07) is 5.31. The van der Waals surface area contributed by atoms with E-state index < -0.39 is 0 Å². The SMILES string of the molecule is CN1CCC(C(=O)c2cc3cc(C#N)oc3cn2)CC1. The molecule has 102 valence electrons. The van der Waals surface area contributed by atoms with Gasteiger partial charge in [0.1, 0.15) is 11.8 Å². The third-order valence-corrected chi connectivity index (χ3v) is 3.86. The second-order valence-electron chi connectivity index (χ2n) is 5.27. The Morgan fingerprint density at radius 3 is 2.90 bits per heavy atom. The molecule has 5 nitrogen and oxygen atoms in total. The van der Waals surface area contributed by atoms with Crippen molar-refractivity contribution in [3.05, 3.63) is 29.8 Å². The first-order valence-electron chi connectivity index (χ1n) is 6.70. The Kier molecular flexibility index (Phi) is 3.25. The quantitative estimate of drug-likeness (QED) is 0.782. The van der Waals surface area contributed by atoms with Crippen LogP contribution in [0.25, 0.3) is 11.0 Å². The molecule has 1 aliphatic heterocycles. The number of hydrogen-bond donors (Lipinski definition) is 0. The summed E-state index contributed by atoms with van der Waals surface area (Å²) in [7, 11) is 2.07. The van der Waals surface area contributed by atoms with E-state index in [2.05, 4.69) is 16.9 Å². The molecular formula is C15H15N3O2. The van der Waals surface area contributed by atoms with Crippen molar-refractivity contribution in [2.45, 2.75) is 12.8 Å². The van der Waals surface area contributed by atoms with Gasteiger partial charge in [0.15, 0.2) is 11.4 Å². The normalized spacial score (nSPS) is 17.2. The van der Waals surface area contributed by atoms with Crippen LogP contribution in [0, 0.1) is 17.2 Å². The van der Waals surface area contributed by atoms with Gasteiger partial charge < -0.3 is 9.32 Å². The van der Waals surface area contributed by atoms with Gasteiger partial charge in [-0.3, -0.25) is 4.79 Å². The van der Waals surface area contributed by atoms with Crippen LogP contribution in [0.3, 0.4) is 0 Å². The summed E-state index contributed by atoms with van der Waals surface area (Å²) in [6.07, 6.45) is 3.28. The van der Waals surface area contributed by atoms with Crippen molar-refractivity contribution in [1.82, 2.24) is 9.88 Å². The Morgan fingerprint density at radius 2 is 2.20 bits per heavy atom. The zero-order valence-electron chi connectivity index (χ0n) is 11.3. The summed E-state index contributed by atoms with van der Waals surface area (Å²) in [5, 5.41) is 9.57. The highest BCUT2D eigenvalue weighted by Crippen LogP contribution is 2.23. The van der Waals surface area contributed by atoms with E-state index in [4.69, 9.17) is 9.68 Å². The number of furan rings is 1. The van der Waals surface area contributed by atoms with Gasteiger partial charge in [0, 0.05) is 17.4 Å². The second kappa shape index (κ2) is 5.06. The minimum absolute atomic E-state index is 0.0542. The molecule has 20 heavy (non-hydrogen) atoms. The fourth-order valence-corrected chi connectivity index (χ4v) is 2.62. The number of pyridine rings is 1. The van der Waals surface area contributed by atoms with Crippen LogP contribution >= 0.6 is 0 Å². The number of piperidine rings is 1. The van der Waals surface area contributed by atoms with Crippen LogP contribution in [0.1, 0.15) is 29.1 Å². The minimum atomic E-state index is 0.0542. The number of rotatable bonds is 2. The Balaban J connectivity index is 1.86. The molecule has 0 N–H and O–H groups in total. The molecule has 0 bridgehead atoms. The summed E-state index contributed by atoms with van der Waals surface area (Å²) in [4.78, 5) is 18.9. The average Bonchev–Trinajstić information content (AvgIpc) is 2.89. The van der Waals surface area contributed by atoms with Crippen molar-refractivity contribution in [2.75, 3.05) is 20.1 Å². The monoisotopic (exact) mass is 269 g/mol. The highest BCUT2D eigenvalue weighted by atomic mass is 16.3. The van der Waals surface area contributed by atoms with E-state index in [1.807, 2.05) is 6.07 Å². The second-order valence-corrected chi connectivity index (χ2v) is 5.27. The lowest BCUT2D eigenvalue weighted by molar-refractivity contribution is 0.0852. The lowest BCUT2D eigenvalue weighted by Gasteiger charge is -2.27. The van der Waals surface area contributed by atoms with Crippen molar-refractivity contribution in [1.29, 1.82) is 5.26 Å². The third-order valence-electron chi connectivity index (χ3n) is 3.86. The molecule has 1 fully saturated rings. The first kappa shape index (κ1) is 12.8. The molecule has 1 saturated heterocycles. The van der Waals surface area contributed by atoms with E-state index in [0.717, 1.165) is 31.3 Å². The summed E-state index contributed by atoms with van der Waals surface area (Å²) in [5.41, 5.74) is 1.01. The molecule has 3 rings (SSSR count). The van der Waals surface area contributed by atoms with Gasteiger partial charge in [-0.15, -0.1) is 0 Å². The van der Waals surface area contributed by atoms with Gasteiger partial charge in [-0.25, -0.2) is 4.98 Å². The number of fused-ring (bicyclic) bond motifs is 1. The lowest BCUT2D eigenvalue weighted by Crippen LogP contribution is -2.33. The van der Waals surface area contributed by atoms with Gasteiger partial charge in [0.2, 0.25) is 5.76 Å². The van der Waals surface area contributed by atoms with Crippen LogP contribution in [0.2, 0.25) is 0 Å². The molecule has 0 saturated carbocycles. The number of ketones is 1. The molecule has 0 spiro atoms. The van der Waals surface area contributed by atoms with Crippen LogP contribution in [-0.4, -0.2) is 35.8 Å². The van der Waals surface area contributed by atoms with Gasteiger partial charge in [-0.1, -0.05) is 0 Å². The largest absolute Gasteiger partial charge is 0.444 e. The summed E-state index contributed by atoms with van der Waals surface area (Å²) in [5.74, 6) is 0.392. The first-order valence-corrected chi connectivity index (χ1v) is 6.70. The number of aromatic nitrogens is 1. The first-order chi connectivity index (χ1) is 9.67. The third kappa shape index (κ3) is 2.30. The summed E-state index contributed by atoms with van der Waals surface area (Å²) >= 11 is 0. The van der Waals surface area contributed by atoms with Gasteiger partial charge >= 0.3 is 0 Å². The smallest absolute Gasteiger partial charge is 0.204 e. The Labute approximate surface area is 116 Å². The Hall–Kier alpha value is -2.19. The van der Waals surface area contributed by atoms with Crippen LogP contribution in [0.4, 0.5) is 0 Å². The van der Waals surface area contributed by atoms with Crippen molar-refractivity contribution in [3.8, 4) is 6.07 Å². The number of carbonyl (C=O) groups is 1. The lowest BCUT2D eigenvalue weighted by atomic mass is 9.91. The molecule has 2 aromatic heterocycles. The molecule has 0 amide bonds. The van der Waals surface area contributed by atoms with Crippen LogP contribution in [0.5, 0.6) is 0 Å². The van der Waals surface area contributed by atoms with E-state index in [0.29, 0.717) is 11.3 Å². The molecule has 2 aromatic rings. The maximum Gasteiger partial charge on any atom is 0.204 e. The molecule has 1 aliphatic rings. The van der Waals surface area contributed by atoms with Crippen molar-refractivity contribution in [3.63, 3.8) is 0 Å². The summed E-state index contributed by atoms with van der Waals surface area (Å²) < 4.78 is 5.27. The van der Waals surface area contributed by atoms with Crippen molar-refractivity contribution >= 4 is 16.8 Å². The minimum Gasteiger partial charge on any atom is -0.444 e. The standard InChI is InChI=1S/C15H15N3O2/c1-18-4-2-10(3-5-18)15(19)13-7-11-6-12(8-16)20-14(11)9-17-13/h6-7,9-10H,2-5H2,1H3. The molecule has 0 aromatic carbocycles. The van der Waals surface area contributed by atoms with E-state index in [1.54, 1.807) is 12.1 Å². The maximum atomic E-state index is 12.4. The molecular weight excluding hydrogens is 254 g/mol. The Morgan fingerprint density at radius 1 is 1.45 bits per heavy atom. The fraction of sp³-hybridized carbons (Fsp3) is 0.400. The molecule has 0 radical (unpaired) electrons. The van der Waals surface area contributed by atoms with E-state index in [1.165, 1.54) is 6.20 Å². The van der Waals surface area contributed by atoms with Crippen LogP contribution < -0.4 is 0 Å². The molecule has 0 aliphatic carbocycles. The number of carbonyl (C=O) groups excluding carboxylic acids is 1. The number of likely N-dealkylation sites (tertiary alicyclic amines) is 1. The van der Waals surface area contributed by atoms with Crippen LogP contribution in [0.15, 0.2) is 22.7 Å². The topological polar surface area (TPSA) is 70.1 Å². The maximum absolute atomic E-state index is 12.4. The summed E-state index contributed by atoms with van der Waals surface area (Å²) in [6.45, 7) is 1.89. The molecule has 3 heterocycles. The average molecular weight is 269 g/mol. The Bertz CT molecular complexity index is 691. The highest BCUT2D eigenvalue weighted by Gasteiger charge is 2.25. The number of hydrogen-bond acceptors (Lipinski definition) is 5. The number of nitrogens with zero attached hydrogens (tertiary/aromatic N) is 3.